The number of halogens is 1. The Morgan fingerprint density at radius 2 is 2.00 bits per heavy atom. The van der Waals surface area contributed by atoms with E-state index in [-0.39, 0.29) is 22.1 Å². The summed E-state index contributed by atoms with van der Waals surface area (Å²) in [5.74, 6) is -1.09. The molecule has 0 aliphatic heterocycles. The van der Waals surface area contributed by atoms with Crippen molar-refractivity contribution < 1.29 is 14.6 Å². The quantitative estimate of drug-likeness (QED) is 0.589. The number of aromatic hydroxyl groups is 1. The van der Waals surface area contributed by atoms with Gasteiger partial charge in [0.1, 0.15) is 10.7 Å². The maximum atomic E-state index is 11.6. The number of carbonyl (C=O) groups excluding carboxylic acids is 1. The molecule has 1 aromatic carbocycles. The first-order valence-corrected chi connectivity index (χ1v) is 7.27. The van der Waals surface area contributed by atoms with Gasteiger partial charge in [-0.25, -0.2) is 9.78 Å². The molecule has 6 heteroatoms. The van der Waals surface area contributed by atoms with E-state index in [2.05, 4.69) is 14.7 Å². The van der Waals surface area contributed by atoms with Crippen LogP contribution >= 0.6 is 11.6 Å². The van der Waals surface area contributed by atoms with Crippen molar-refractivity contribution in [3.63, 3.8) is 0 Å². The van der Waals surface area contributed by atoms with Gasteiger partial charge in [-0.1, -0.05) is 41.9 Å². The van der Waals surface area contributed by atoms with Gasteiger partial charge in [0, 0.05) is 11.6 Å². The van der Waals surface area contributed by atoms with Gasteiger partial charge in [-0.05, 0) is 23.6 Å². The molecule has 0 atom stereocenters. The van der Waals surface area contributed by atoms with E-state index in [4.69, 9.17) is 11.6 Å². The third kappa shape index (κ3) is 2.96. The van der Waals surface area contributed by atoms with E-state index in [1.165, 1.54) is 7.11 Å². The lowest BCUT2D eigenvalue weighted by molar-refractivity contribution is 0.0591. The first kappa shape index (κ1) is 15.2. The van der Waals surface area contributed by atoms with Crippen LogP contribution in [0.1, 0.15) is 21.6 Å². The maximum Gasteiger partial charge on any atom is 0.360 e. The standard InChI is InChI=1S/C17H13ClN2O3/c1-23-17(22)14-15(21)13-12(16(18)20-14)8-11(9-19-13)7-10-5-3-2-4-6-10/h2-6,8-9,21H,7H2,1H3. The van der Waals surface area contributed by atoms with Gasteiger partial charge in [0.05, 0.1) is 7.11 Å². The van der Waals surface area contributed by atoms with Gasteiger partial charge in [-0.15, -0.1) is 0 Å². The highest BCUT2D eigenvalue weighted by atomic mass is 35.5. The number of carbonyl (C=O) groups is 1. The van der Waals surface area contributed by atoms with Crippen LogP contribution < -0.4 is 0 Å². The Balaban J connectivity index is 2.07. The van der Waals surface area contributed by atoms with Gasteiger partial charge in [0.15, 0.2) is 11.4 Å². The van der Waals surface area contributed by atoms with Crippen LogP contribution in [-0.2, 0) is 11.2 Å². The minimum absolute atomic E-state index is 0.0978. The molecule has 3 rings (SSSR count). The molecule has 0 spiro atoms. The van der Waals surface area contributed by atoms with E-state index in [1.807, 2.05) is 36.4 Å². The van der Waals surface area contributed by atoms with Crippen molar-refractivity contribution >= 4 is 28.5 Å². The number of benzene rings is 1. The highest BCUT2D eigenvalue weighted by Gasteiger charge is 2.20. The lowest BCUT2D eigenvalue weighted by Gasteiger charge is -2.08. The molecular weight excluding hydrogens is 316 g/mol. The fourth-order valence-corrected chi connectivity index (χ4v) is 2.57. The summed E-state index contributed by atoms with van der Waals surface area (Å²) >= 11 is 6.14. The van der Waals surface area contributed by atoms with Gasteiger partial charge in [0.25, 0.3) is 0 Å². The van der Waals surface area contributed by atoms with E-state index in [9.17, 15) is 9.90 Å². The van der Waals surface area contributed by atoms with Crippen molar-refractivity contribution in [2.24, 2.45) is 0 Å². The molecule has 0 aliphatic rings. The molecule has 1 N–H and O–H groups in total. The maximum absolute atomic E-state index is 11.6. The van der Waals surface area contributed by atoms with Crippen LogP contribution in [0.25, 0.3) is 10.9 Å². The molecule has 23 heavy (non-hydrogen) atoms. The predicted octanol–water partition coefficient (Wildman–Crippen LogP) is 3.37. The van der Waals surface area contributed by atoms with Crippen LogP contribution in [0.3, 0.4) is 0 Å². The Morgan fingerprint density at radius 3 is 2.70 bits per heavy atom. The van der Waals surface area contributed by atoms with Crippen molar-refractivity contribution in [2.45, 2.75) is 6.42 Å². The Kier molecular flexibility index (Phi) is 4.12. The van der Waals surface area contributed by atoms with Crippen LogP contribution in [0.5, 0.6) is 5.75 Å². The second-order valence-corrected chi connectivity index (χ2v) is 5.35. The molecule has 0 bridgehead atoms. The molecule has 0 saturated heterocycles. The summed E-state index contributed by atoms with van der Waals surface area (Å²) in [6.45, 7) is 0. The van der Waals surface area contributed by atoms with Gasteiger partial charge in [0.2, 0.25) is 0 Å². The van der Waals surface area contributed by atoms with E-state index in [1.54, 1.807) is 6.20 Å². The Morgan fingerprint density at radius 1 is 1.26 bits per heavy atom. The van der Waals surface area contributed by atoms with Crippen molar-refractivity contribution in [1.82, 2.24) is 9.97 Å². The third-order valence-corrected chi connectivity index (χ3v) is 3.74. The highest BCUT2D eigenvalue weighted by Crippen LogP contribution is 2.31. The number of methoxy groups -OCH3 is 1. The van der Waals surface area contributed by atoms with Gasteiger partial charge in [-0.2, -0.15) is 0 Å². The molecule has 116 valence electrons. The molecule has 0 radical (unpaired) electrons. The number of aromatic nitrogens is 2. The number of ether oxygens (including phenoxy) is 1. The highest BCUT2D eigenvalue weighted by molar-refractivity contribution is 6.34. The van der Waals surface area contributed by atoms with Crippen molar-refractivity contribution in [1.29, 1.82) is 0 Å². The molecule has 2 heterocycles. The van der Waals surface area contributed by atoms with Gasteiger partial charge >= 0.3 is 5.97 Å². The molecule has 0 saturated carbocycles. The molecule has 0 fully saturated rings. The van der Waals surface area contributed by atoms with E-state index in [0.29, 0.717) is 11.8 Å². The minimum atomic E-state index is -0.763. The fourth-order valence-electron chi connectivity index (χ4n) is 2.34. The number of hydrogen-bond donors (Lipinski definition) is 1. The average molecular weight is 329 g/mol. The number of esters is 1. The van der Waals surface area contributed by atoms with E-state index < -0.39 is 5.97 Å². The number of rotatable bonds is 3. The topological polar surface area (TPSA) is 72.3 Å². The average Bonchev–Trinajstić information content (AvgIpc) is 2.58. The van der Waals surface area contributed by atoms with Crippen LogP contribution in [-0.4, -0.2) is 28.2 Å². The zero-order valence-corrected chi connectivity index (χ0v) is 13.0. The van der Waals surface area contributed by atoms with Crippen molar-refractivity contribution in [2.75, 3.05) is 7.11 Å². The van der Waals surface area contributed by atoms with Crippen molar-refractivity contribution in [3.05, 3.63) is 64.6 Å². The smallest absolute Gasteiger partial charge is 0.360 e. The number of nitrogens with zero attached hydrogens (tertiary/aromatic N) is 2. The van der Waals surface area contributed by atoms with E-state index in [0.717, 1.165) is 11.1 Å². The molecule has 0 unspecified atom stereocenters. The predicted molar refractivity (Wildman–Crippen MR) is 86.8 cm³/mol. The lowest BCUT2D eigenvalue weighted by Crippen LogP contribution is -2.06. The molecular formula is C17H13ClN2O3. The summed E-state index contributed by atoms with van der Waals surface area (Å²) in [7, 11) is 1.21. The van der Waals surface area contributed by atoms with Crippen LogP contribution in [0, 0.1) is 0 Å². The van der Waals surface area contributed by atoms with Crippen LogP contribution in [0.4, 0.5) is 0 Å². The first-order chi connectivity index (χ1) is 11.1. The SMILES string of the molecule is COC(=O)c1nc(Cl)c2cc(Cc3ccccc3)cnc2c1O. The second kappa shape index (κ2) is 6.22. The Labute approximate surface area is 137 Å². The molecule has 0 aliphatic carbocycles. The minimum Gasteiger partial charge on any atom is -0.504 e. The zero-order chi connectivity index (χ0) is 16.4. The lowest BCUT2D eigenvalue weighted by atomic mass is 10.1. The number of fused-ring (bicyclic) bond motifs is 1. The summed E-state index contributed by atoms with van der Waals surface area (Å²) in [5.41, 5.74) is 2.04. The summed E-state index contributed by atoms with van der Waals surface area (Å²) < 4.78 is 4.58. The van der Waals surface area contributed by atoms with E-state index >= 15 is 0 Å². The molecule has 0 amide bonds. The Hall–Kier alpha value is -2.66. The first-order valence-electron chi connectivity index (χ1n) is 6.89. The largest absolute Gasteiger partial charge is 0.504 e. The van der Waals surface area contributed by atoms with Crippen LogP contribution in [0.2, 0.25) is 5.15 Å². The number of pyridine rings is 2. The molecule has 5 nitrogen and oxygen atoms in total. The van der Waals surface area contributed by atoms with Crippen molar-refractivity contribution in [3.8, 4) is 5.75 Å². The van der Waals surface area contributed by atoms with Crippen LogP contribution in [0.15, 0.2) is 42.6 Å². The summed E-state index contributed by atoms with van der Waals surface area (Å²) in [5, 5.41) is 10.8. The van der Waals surface area contributed by atoms with Gasteiger partial charge < -0.3 is 9.84 Å². The fraction of sp³-hybridized carbons (Fsp3) is 0.118. The Bertz CT molecular complexity index is 882. The molecule has 3 aromatic rings. The summed E-state index contributed by atoms with van der Waals surface area (Å²) in [6, 6.07) is 11.7. The zero-order valence-electron chi connectivity index (χ0n) is 12.3. The second-order valence-electron chi connectivity index (χ2n) is 4.99. The third-order valence-electron chi connectivity index (χ3n) is 3.45. The van der Waals surface area contributed by atoms with Gasteiger partial charge in [-0.3, -0.25) is 4.98 Å². The normalized spacial score (nSPS) is 10.7. The molecule has 2 aromatic heterocycles. The summed E-state index contributed by atoms with van der Waals surface area (Å²) in [6.07, 6.45) is 2.33. The monoisotopic (exact) mass is 328 g/mol. The summed E-state index contributed by atoms with van der Waals surface area (Å²) in [4.78, 5) is 19.8. The number of hydrogen-bond acceptors (Lipinski definition) is 5.